The Labute approximate surface area is 116 Å². The van der Waals surface area contributed by atoms with Crippen molar-refractivity contribution in [2.45, 2.75) is 31.7 Å². The van der Waals surface area contributed by atoms with Gasteiger partial charge in [0.1, 0.15) is 0 Å². The van der Waals surface area contributed by atoms with Gasteiger partial charge < -0.3 is 4.90 Å². The summed E-state index contributed by atoms with van der Waals surface area (Å²) in [5.41, 5.74) is 2.29. The fourth-order valence-electron chi connectivity index (χ4n) is 2.72. The number of fused-ring (bicyclic) bond motifs is 1. The van der Waals surface area contributed by atoms with Crippen LogP contribution in [0.4, 0.5) is 0 Å². The number of hydrogen-bond donors (Lipinski definition) is 1. The van der Waals surface area contributed by atoms with Crippen LogP contribution >= 0.6 is 11.3 Å². The molecular weight excluding hydrogens is 258 g/mol. The number of carbonyl (C=O) groups is 1. The molecule has 1 aliphatic rings. The normalized spacial score (nSPS) is 18.1. The Hall–Kier alpha value is -1.62. The summed E-state index contributed by atoms with van der Waals surface area (Å²) in [6, 6.07) is 2.12. The molecule has 1 atom stereocenters. The van der Waals surface area contributed by atoms with E-state index in [1.54, 1.807) is 17.5 Å². The van der Waals surface area contributed by atoms with Gasteiger partial charge in [-0.25, -0.2) is 0 Å². The molecule has 5 heteroatoms. The van der Waals surface area contributed by atoms with Gasteiger partial charge >= 0.3 is 0 Å². The Balaban J connectivity index is 1.74. The number of rotatable bonds is 3. The number of hydrogen-bond acceptors (Lipinski definition) is 3. The van der Waals surface area contributed by atoms with Crippen molar-refractivity contribution in [3.05, 3.63) is 39.8 Å². The molecule has 1 aliphatic carbocycles. The SMILES string of the molecule is CN(Cc1cn[nH]c1)C(=O)C1CCCc2sccc21. The van der Waals surface area contributed by atoms with Crippen LogP contribution in [0.15, 0.2) is 23.8 Å². The minimum atomic E-state index is 0.0481. The molecule has 0 saturated carbocycles. The van der Waals surface area contributed by atoms with Crippen LogP contribution < -0.4 is 0 Å². The summed E-state index contributed by atoms with van der Waals surface area (Å²) in [6.45, 7) is 0.616. The van der Waals surface area contributed by atoms with Gasteiger partial charge in [-0.1, -0.05) is 0 Å². The molecular formula is C14H17N3OS. The minimum absolute atomic E-state index is 0.0481. The standard InChI is InChI=1S/C14H17N3OS/c1-17(9-10-7-15-16-8-10)14(18)12-3-2-4-13-11(12)5-6-19-13/h5-8,12H,2-4,9H2,1H3,(H,15,16). The third-order valence-electron chi connectivity index (χ3n) is 3.70. The molecule has 1 amide bonds. The fraction of sp³-hybridized carbons (Fsp3) is 0.429. The predicted molar refractivity (Wildman–Crippen MR) is 75.1 cm³/mol. The van der Waals surface area contributed by atoms with Crippen molar-refractivity contribution >= 4 is 17.2 Å². The van der Waals surface area contributed by atoms with Crippen LogP contribution in [0.25, 0.3) is 0 Å². The maximum atomic E-state index is 12.6. The van der Waals surface area contributed by atoms with Gasteiger partial charge in [0, 0.05) is 30.2 Å². The van der Waals surface area contributed by atoms with E-state index in [0.717, 1.165) is 24.8 Å². The molecule has 2 heterocycles. The molecule has 0 saturated heterocycles. The second kappa shape index (κ2) is 5.17. The van der Waals surface area contributed by atoms with Crippen LogP contribution in [0.2, 0.25) is 0 Å². The maximum Gasteiger partial charge on any atom is 0.230 e. The highest BCUT2D eigenvalue weighted by molar-refractivity contribution is 7.10. The van der Waals surface area contributed by atoms with Crippen molar-refractivity contribution in [2.75, 3.05) is 7.05 Å². The number of aryl methyl sites for hydroxylation is 1. The third-order valence-corrected chi connectivity index (χ3v) is 4.70. The Kier molecular flexibility index (Phi) is 3.38. The van der Waals surface area contributed by atoms with Crippen molar-refractivity contribution in [1.29, 1.82) is 0 Å². The zero-order chi connectivity index (χ0) is 13.2. The quantitative estimate of drug-likeness (QED) is 0.936. The number of carbonyl (C=O) groups excluding carboxylic acids is 1. The van der Waals surface area contributed by atoms with Gasteiger partial charge in [-0.2, -0.15) is 5.10 Å². The van der Waals surface area contributed by atoms with E-state index in [0.29, 0.717) is 6.54 Å². The number of nitrogens with one attached hydrogen (secondary N) is 1. The van der Waals surface area contributed by atoms with Crippen LogP contribution in [0.3, 0.4) is 0 Å². The first kappa shape index (κ1) is 12.4. The molecule has 2 aromatic rings. The van der Waals surface area contributed by atoms with E-state index < -0.39 is 0 Å². The second-order valence-corrected chi connectivity index (χ2v) is 6.05. The maximum absolute atomic E-state index is 12.6. The summed E-state index contributed by atoms with van der Waals surface area (Å²) in [7, 11) is 1.87. The molecule has 2 aromatic heterocycles. The number of nitrogens with zero attached hydrogens (tertiary/aromatic N) is 2. The van der Waals surface area contributed by atoms with Crippen molar-refractivity contribution in [3.63, 3.8) is 0 Å². The van der Waals surface area contributed by atoms with E-state index >= 15 is 0 Å². The highest BCUT2D eigenvalue weighted by Crippen LogP contribution is 2.36. The highest BCUT2D eigenvalue weighted by atomic mass is 32.1. The lowest BCUT2D eigenvalue weighted by Crippen LogP contribution is -2.32. The molecule has 0 aliphatic heterocycles. The van der Waals surface area contributed by atoms with Crippen LogP contribution in [-0.4, -0.2) is 28.1 Å². The average Bonchev–Trinajstić information content (AvgIpc) is 3.07. The van der Waals surface area contributed by atoms with E-state index in [9.17, 15) is 4.79 Å². The van der Waals surface area contributed by atoms with Crippen LogP contribution in [-0.2, 0) is 17.8 Å². The summed E-state index contributed by atoms with van der Waals surface area (Å²) in [6.07, 6.45) is 6.81. The van der Waals surface area contributed by atoms with Crippen molar-refractivity contribution in [1.82, 2.24) is 15.1 Å². The number of amides is 1. The minimum Gasteiger partial charge on any atom is -0.341 e. The summed E-state index contributed by atoms with van der Waals surface area (Å²) in [5, 5.41) is 8.80. The first-order valence-corrected chi connectivity index (χ1v) is 7.42. The number of thiophene rings is 1. The Morgan fingerprint density at radius 1 is 1.63 bits per heavy atom. The Morgan fingerprint density at radius 2 is 2.53 bits per heavy atom. The number of aromatic amines is 1. The Bertz CT molecular complexity index is 561. The van der Waals surface area contributed by atoms with Crippen LogP contribution in [0, 0.1) is 0 Å². The van der Waals surface area contributed by atoms with E-state index in [4.69, 9.17) is 0 Å². The molecule has 4 nitrogen and oxygen atoms in total. The molecule has 19 heavy (non-hydrogen) atoms. The second-order valence-electron chi connectivity index (χ2n) is 5.04. The lowest BCUT2D eigenvalue weighted by atomic mass is 9.87. The van der Waals surface area contributed by atoms with Crippen molar-refractivity contribution in [2.24, 2.45) is 0 Å². The first-order valence-electron chi connectivity index (χ1n) is 6.54. The van der Waals surface area contributed by atoms with Gasteiger partial charge in [0.05, 0.1) is 12.1 Å². The predicted octanol–water partition coefficient (Wildman–Crippen LogP) is 2.55. The van der Waals surface area contributed by atoms with E-state index in [2.05, 4.69) is 21.6 Å². The van der Waals surface area contributed by atoms with Crippen molar-refractivity contribution < 1.29 is 4.79 Å². The first-order chi connectivity index (χ1) is 9.25. The van der Waals surface area contributed by atoms with Gasteiger partial charge in [-0.15, -0.1) is 11.3 Å². The summed E-state index contributed by atoms with van der Waals surface area (Å²) < 4.78 is 0. The van der Waals surface area contributed by atoms with Crippen LogP contribution in [0.5, 0.6) is 0 Å². The molecule has 0 spiro atoms. The number of likely N-dealkylation sites (N-methyl/N-ethyl adjacent to an activating group) is 1. The smallest absolute Gasteiger partial charge is 0.230 e. The zero-order valence-corrected chi connectivity index (χ0v) is 11.7. The van der Waals surface area contributed by atoms with Crippen LogP contribution in [0.1, 0.15) is 34.8 Å². The van der Waals surface area contributed by atoms with E-state index in [1.807, 2.05) is 18.1 Å². The third kappa shape index (κ3) is 2.42. The molecule has 0 fully saturated rings. The number of aromatic nitrogens is 2. The molecule has 1 N–H and O–H groups in total. The molecule has 0 bridgehead atoms. The molecule has 3 rings (SSSR count). The highest BCUT2D eigenvalue weighted by Gasteiger charge is 2.29. The van der Waals surface area contributed by atoms with Gasteiger partial charge in [0.2, 0.25) is 5.91 Å². The summed E-state index contributed by atoms with van der Waals surface area (Å²) in [5.74, 6) is 0.271. The summed E-state index contributed by atoms with van der Waals surface area (Å²) in [4.78, 5) is 15.8. The molecule has 0 radical (unpaired) electrons. The number of H-pyrrole nitrogens is 1. The van der Waals surface area contributed by atoms with Crippen molar-refractivity contribution in [3.8, 4) is 0 Å². The summed E-state index contributed by atoms with van der Waals surface area (Å²) >= 11 is 1.78. The van der Waals surface area contributed by atoms with Gasteiger partial charge in [0.15, 0.2) is 0 Å². The van der Waals surface area contributed by atoms with Gasteiger partial charge in [-0.3, -0.25) is 9.89 Å². The Morgan fingerprint density at radius 3 is 3.32 bits per heavy atom. The largest absolute Gasteiger partial charge is 0.341 e. The lowest BCUT2D eigenvalue weighted by Gasteiger charge is -2.26. The fourth-order valence-corrected chi connectivity index (χ4v) is 3.71. The topological polar surface area (TPSA) is 49.0 Å². The monoisotopic (exact) mass is 275 g/mol. The van der Waals surface area contributed by atoms with E-state index in [1.165, 1.54) is 10.4 Å². The molecule has 1 unspecified atom stereocenters. The van der Waals surface area contributed by atoms with Gasteiger partial charge in [-0.05, 0) is 36.3 Å². The molecule has 0 aromatic carbocycles. The van der Waals surface area contributed by atoms with Gasteiger partial charge in [0.25, 0.3) is 0 Å². The average molecular weight is 275 g/mol. The molecule has 100 valence electrons. The van der Waals surface area contributed by atoms with E-state index in [-0.39, 0.29) is 11.8 Å². The lowest BCUT2D eigenvalue weighted by molar-refractivity contribution is -0.132. The zero-order valence-electron chi connectivity index (χ0n) is 10.9.